The molecule has 0 atom stereocenters. The molecule has 4 heteroatoms. The van der Waals surface area contributed by atoms with E-state index in [9.17, 15) is 13.2 Å². The largest absolute Gasteiger partial charge is 0.411 e. The Morgan fingerprint density at radius 1 is 1.40 bits per heavy atom. The fourth-order valence-electron chi connectivity index (χ4n) is 0.319. The summed E-state index contributed by atoms with van der Waals surface area (Å²) in [6, 6.07) is 0. The molecule has 0 heterocycles. The molecule has 0 rings (SSSR count). The smallest absolute Gasteiger partial charge is 0.371 e. The third-order valence-corrected chi connectivity index (χ3v) is 0.656. The average molecular weight is 152 g/mol. The van der Waals surface area contributed by atoms with Gasteiger partial charge in [0.25, 0.3) is 0 Å². The van der Waals surface area contributed by atoms with Crippen molar-refractivity contribution in [2.75, 3.05) is 13.2 Å². The van der Waals surface area contributed by atoms with Gasteiger partial charge in [0.1, 0.15) is 6.61 Å². The van der Waals surface area contributed by atoms with Crippen LogP contribution in [-0.4, -0.2) is 19.4 Å². The number of rotatable bonds is 3. The van der Waals surface area contributed by atoms with Crippen LogP contribution in [0, 0.1) is 12.3 Å². The Kier molecular flexibility index (Phi) is 3.89. The fraction of sp³-hybridized carbons (Fsp3) is 0.667. The number of terminal acetylenes is 1. The van der Waals surface area contributed by atoms with E-state index in [1.807, 2.05) is 0 Å². The van der Waals surface area contributed by atoms with Crippen molar-refractivity contribution in [2.24, 2.45) is 0 Å². The van der Waals surface area contributed by atoms with Crippen LogP contribution in [0.3, 0.4) is 0 Å². The Morgan fingerprint density at radius 2 is 2.00 bits per heavy atom. The standard InChI is InChI=1S/C6H7F3O/c1-2-3-4-10-5-6(7,8)9/h1H,3-5H2. The van der Waals surface area contributed by atoms with Gasteiger partial charge in [-0.15, -0.1) is 12.3 Å². The highest BCUT2D eigenvalue weighted by Crippen LogP contribution is 2.14. The second-order valence-corrected chi connectivity index (χ2v) is 1.62. The van der Waals surface area contributed by atoms with Gasteiger partial charge in [0, 0.05) is 6.42 Å². The van der Waals surface area contributed by atoms with Crippen LogP contribution in [0.15, 0.2) is 0 Å². The first kappa shape index (κ1) is 9.31. The van der Waals surface area contributed by atoms with Crippen LogP contribution in [0.2, 0.25) is 0 Å². The van der Waals surface area contributed by atoms with Crippen molar-refractivity contribution >= 4 is 0 Å². The monoisotopic (exact) mass is 152 g/mol. The van der Waals surface area contributed by atoms with E-state index in [4.69, 9.17) is 6.42 Å². The molecular weight excluding hydrogens is 145 g/mol. The van der Waals surface area contributed by atoms with Crippen molar-refractivity contribution in [3.05, 3.63) is 0 Å². The first-order valence-corrected chi connectivity index (χ1v) is 2.64. The van der Waals surface area contributed by atoms with E-state index in [0.717, 1.165) is 0 Å². The van der Waals surface area contributed by atoms with Gasteiger partial charge in [0.05, 0.1) is 6.61 Å². The second-order valence-electron chi connectivity index (χ2n) is 1.62. The Balaban J connectivity index is 3.14. The number of ether oxygens (including phenoxy) is 1. The van der Waals surface area contributed by atoms with E-state index in [2.05, 4.69) is 10.7 Å². The topological polar surface area (TPSA) is 9.23 Å². The van der Waals surface area contributed by atoms with Crippen molar-refractivity contribution in [1.29, 1.82) is 0 Å². The van der Waals surface area contributed by atoms with Crippen LogP contribution < -0.4 is 0 Å². The lowest BCUT2D eigenvalue weighted by atomic mass is 10.5. The lowest BCUT2D eigenvalue weighted by Gasteiger charge is -2.04. The van der Waals surface area contributed by atoms with E-state index in [1.54, 1.807) is 0 Å². The van der Waals surface area contributed by atoms with Crippen LogP contribution in [-0.2, 0) is 4.74 Å². The highest BCUT2D eigenvalue weighted by molar-refractivity contribution is 4.82. The van der Waals surface area contributed by atoms with Gasteiger partial charge in [-0.2, -0.15) is 13.2 Å². The maximum Gasteiger partial charge on any atom is 0.411 e. The molecule has 0 amide bonds. The van der Waals surface area contributed by atoms with Crippen LogP contribution in [0.4, 0.5) is 13.2 Å². The predicted octanol–water partition coefficient (Wildman–Crippen LogP) is 1.59. The Bertz CT molecular complexity index is 122. The predicted molar refractivity (Wildman–Crippen MR) is 30.3 cm³/mol. The number of hydrogen-bond donors (Lipinski definition) is 0. The summed E-state index contributed by atoms with van der Waals surface area (Å²) < 4.78 is 38.1. The maximum absolute atomic E-state index is 11.3. The Labute approximate surface area is 57.2 Å². The van der Waals surface area contributed by atoms with Crippen LogP contribution in [0.5, 0.6) is 0 Å². The summed E-state index contributed by atoms with van der Waals surface area (Å²) in [4.78, 5) is 0. The Morgan fingerprint density at radius 3 is 2.40 bits per heavy atom. The molecule has 0 aromatic carbocycles. The molecule has 0 bridgehead atoms. The average Bonchev–Trinajstić information content (AvgIpc) is 1.78. The van der Waals surface area contributed by atoms with E-state index in [1.165, 1.54) is 0 Å². The normalized spacial score (nSPS) is 11.0. The quantitative estimate of drug-likeness (QED) is 0.440. The van der Waals surface area contributed by atoms with Gasteiger partial charge in [-0.3, -0.25) is 0 Å². The molecule has 0 saturated carbocycles. The molecule has 58 valence electrons. The first-order chi connectivity index (χ1) is 4.56. The van der Waals surface area contributed by atoms with Crippen LogP contribution in [0.1, 0.15) is 6.42 Å². The van der Waals surface area contributed by atoms with E-state index < -0.39 is 12.8 Å². The van der Waals surface area contributed by atoms with Crippen LogP contribution >= 0.6 is 0 Å². The molecule has 0 aliphatic carbocycles. The minimum absolute atomic E-state index is 0.0317. The minimum atomic E-state index is -4.24. The van der Waals surface area contributed by atoms with Crippen molar-refractivity contribution in [3.8, 4) is 12.3 Å². The van der Waals surface area contributed by atoms with Crippen molar-refractivity contribution < 1.29 is 17.9 Å². The molecule has 0 saturated heterocycles. The van der Waals surface area contributed by atoms with Crippen molar-refractivity contribution in [2.45, 2.75) is 12.6 Å². The summed E-state index contributed by atoms with van der Waals surface area (Å²) >= 11 is 0. The molecule has 0 fully saturated rings. The zero-order chi connectivity index (χ0) is 8.04. The van der Waals surface area contributed by atoms with Gasteiger partial charge >= 0.3 is 6.18 Å². The minimum Gasteiger partial charge on any atom is -0.371 e. The third kappa shape index (κ3) is 7.31. The molecule has 0 aromatic heterocycles. The summed E-state index contributed by atoms with van der Waals surface area (Å²) in [5, 5.41) is 0. The lowest BCUT2D eigenvalue weighted by molar-refractivity contribution is -0.173. The zero-order valence-corrected chi connectivity index (χ0v) is 5.24. The summed E-state index contributed by atoms with van der Waals surface area (Å²) in [5.41, 5.74) is 0. The van der Waals surface area contributed by atoms with Crippen molar-refractivity contribution in [1.82, 2.24) is 0 Å². The molecule has 0 unspecified atom stereocenters. The highest BCUT2D eigenvalue weighted by atomic mass is 19.4. The van der Waals surface area contributed by atoms with Gasteiger partial charge in [-0.1, -0.05) is 0 Å². The molecule has 0 N–H and O–H groups in total. The summed E-state index contributed by atoms with van der Waals surface area (Å²) in [5.74, 6) is 2.16. The third-order valence-electron chi connectivity index (χ3n) is 0.656. The summed E-state index contributed by atoms with van der Waals surface area (Å²) in [6.45, 7) is -1.25. The fourth-order valence-corrected chi connectivity index (χ4v) is 0.319. The molecule has 0 aliphatic rings. The number of alkyl halides is 3. The second kappa shape index (κ2) is 4.18. The summed E-state index contributed by atoms with van der Waals surface area (Å²) in [7, 11) is 0. The lowest BCUT2D eigenvalue weighted by Crippen LogP contribution is -2.17. The van der Waals surface area contributed by atoms with E-state index in [0.29, 0.717) is 0 Å². The molecular formula is C6H7F3O. The van der Waals surface area contributed by atoms with Gasteiger partial charge in [0.15, 0.2) is 0 Å². The molecule has 0 aromatic rings. The van der Waals surface area contributed by atoms with E-state index >= 15 is 0 Å². The SMILES string of the molecule is C#CCCOCC(F)(F)F. The molecule has 1 nitrogen and oxygen atoms in total. The van der Waals surface area contributed by atoms with Gasteiger partial charge in [-0.25, -0.2) is 0 Å². The molecule has 0 radical (unpaired) electrons. The van der Waals surface area contributed by atoms with Crippen LogP contribution in [0.25, 0.3) is 0 Å². The first-order valence-electron chi connectivity index (χ1n) is 2.64. The molecule has 0 aliphatic heterocycles. The zero-order valence-electron chi connectivity index (χ0n) is 5.24. The van der Waals surface area contributed by atoms with Gasteiger partial charge in [0.2, 0.25) is 0 Å². The Hall–Kier alpha value is -0.690. The molecule has 0 spiro atoms. The maximum atomic E-state index is 11.3. The van der Waals surface area contributed by atoms with Crippen molar-refractivity contribution in [3.63, 3.8) is 0 Å². The summed E-state index contributed by atoms with van der Waals surface area (Å²) in [6.07, 6.45) is 0.744. The molecule has 10 heavy (non-hydrogen) atoms. The van der Waals surface area contributed by atoms with E-state index in [-0.39, 0.29) is 13.0 Å². The highest BCUT2D eigenvalue weighted by Gasteiger charge is 2.26. The van der Waals surface area contributed by atoms with Gasteiger partial charge in [-0.05, 0) is 0 Å². The number of halogens is 3. The van der Waals surface area contributed by atoms with Gasteiger partial charge < -0.3 is 4.74 Å². The number of hydrogen-bond acceptors (Lipinski definition) is 1.